The summed E-state index contributed by atoms with van der Waals surface area (Å²) in [6, 6.07) is 7.35. The molecule has 174 valence electrons. The highest BCUT2D eigenvalue weighted by Crippen LogP contribution is 2.26. The van der Waals surface area contributed by atoms with Crippen molar-refractivity contribution in [3.05, 3.63) is 39.9 Å². The number of halogens is 2. The van der Waals surface area contributed by atoms with E-state index in [1.165, 1.54) is 7.11 Å². The summed E-state index contributed by atoms with van der Waals surface area (Å²) in [6.07, 6.45) is 2.96. The van der Waals surface area contributed by atoms with Crippen molar-refractivity contribution < 1.29 is 17.9 Å². The largest absolute Gasteiger partial charge is 0.467 e. The monoisotopic (exact) mass is 501 g/mol. The first kappa shape index (κ1) is 24.3. The molecule has 1 fully saturated rings. The van der Waals surface area contributed by atoms with Gasteiger partial charge >= 0.3 is 6.01 Å². The number of benzene rings is 1. The number of amides is 1. The van der Waals surface area contributed by atoms with Gasteiger partial charge in [-0.1, -0.05) is 29.3 Å². The molecule has 12 heteroatoms. The summed E-state index contributed by atoms with van der Waals surface area (Å²) in [6.45, 7) is 1.60. The Bertz CT molecular complexity index is 1080. The van der Waals surface area contributed by atoms with Gasteiger partial charge in [0.05, 0.1) is 19.3 Å². The molecule has 2 heterocycles. The lowest BCUT2D eigenvalue weighted by molar-refractivity contribution is -0.123. The molecular formula is C20H25Cl2N5O4S. The molecule has 0 bridgehead atoms. The summed E-state index contributed by atoms with van der Waals surface area (Å²) in [5.41, 5.74) is 0.959. The van der Waals surface area contributed by atoms with Crippen LogP contribution in [0.2, 0.25) is 10.0 Å². The summed E-state index contributed by atoms with van der Waals surface area (Å²) >= 11 is 12.2. The van der Waals surface area contributed by atoms with E-state index in [1.54, 1.807) is 18.2 Å². The third-order valence-electron chi connectivity index (χ3n) is 4.99. The first-order valence-electron chi connectivity index (χ1n) is 10.0. The highest BCUT2D eigenvalue weighted by Gasteiger charge is 2.28. The number of aromatic nitrogens is 2. The molecule has 0 spiro atoms. The number of sulfonamides is 1. The van der Waals surface area contributed by atoms with Crippen LogP contribution in [0, 0.1) is 5.92 Å². The van der Waals surface area contributed by atoms with Crippen LogP contribution in [0.1, 0.15) is 18.4 Å². The Hall–Kier alpha value is -2.30. The molecule has 0 saturated carbocycles. The lowest BCUT2D eigenvalue weighted by Crippen LogP contribution is -2.44. The van der Waals surface area contributed by atoms with Crippen LogP contribution >= 0.6 is 23.2 Å². The maximum absolute atomic E-state index is 12.3. The molecule has 2 aromatic rings. The number of rotatable bonds is 8. The fourth-order valence-electron chi connectivity index (χ4n) is 3.47. The first-order chi connectivity index (χ1) is 15.1. The van der Waals surface area contributed by atoms with E-state index in [0.717, 1.165) is 18.2 Å². The lowest BCUT2D eigenvalue weighted by Gasteiger charge is -2.32. The number of piperidine rings is 1. The van der Waals surface area contributed by atoms with Crippen LogP contribution in [0.25, 0.3) is 0 Å². The van der Waals surface area contributed by atoms with E-state index < -0.39 is 21.8 Å². The van der Waals surface area contributed by atoms with Gasteiger partial charge in [0.2, 0.25) is 15.9 Å². The second kappa shape index (κ2) is 10.5. The van der Waals surface area contributed by atoms with E-state index >= 15 is 0 Å². The smallest absolute Gasteiger partial charge is 0.320 e. The van der Waals surface area contributed by atoms with Gasteiger partial charge in [0.25, 0.3) is 0 Å². The van der Waals surface area contributed by atoms with Gasteiger partial charge in [0, 0.05) is 35.7 Å². The van der Waals surface area contributed by atoms with Crippen molar-refractivity contribution in [2.75, 3.05) is 43.2 Å². The third-order valence-corrected chi connectivity index (χ3v) is 6.15. The lowest BCUT2D eigenvalue weighted by atomic mass is 9.97. The Morgan fingerprint density at radius 1 is 1.28 bits per heavy atom. The molecule has 3 rings (SSSR count). The van der Waals surface area contributed by atoms with Crippen molar-refractivity contribution in [1.29, 1.82) is 0 Å². The standard InChI is InChI=1S/C20H25Cl2N5O4S/c1-31-20-24-17(23-8-7-13-5-6-15(21)10-16(13)22)11-18(25-20)27-9-3-4-14(12-27)19(28)26-32(2,29)30/h5-6,10-11,14H,3-4,7-9,12H2,1-2H3,(H,26,28)(H,23,24,25). The number of ether oxygens (including phenoxy) is 1. The van der Waals surface area contributed by atoms with Gasteiger partial charge in [0.15, 0.2) is 0 Å². The van der Waals surface area contributed by atoms with Gasteiger partial charge in [-0.15, -0.1) is 0 Å². The number of anilines is 2. The molecule has 1 amide bonds. The number of carbonyl (C=O) groups is 1. The van der Waals surface area contributed by atoms with Crippen molar-refractivity contribution in [1.82, 2.24) is 14.7 Å². The number of methoxy groups -OCH3 is 1. The van der Waals surface area contributed by atoms with Crippen LogP contribution in [0.5, 0.6) is 6.01 Å². The molecule has 1 saturated heterocycles. The van der Waals surface area contributed by atoms with Gasteiger partial charge in [-0.05, 0) is 37.0 Å². The van der Waals surface area contributed by atoms with Crippen molar-refractivity contribution in [3.63, 3.8) is 0 Å². The van der Waals surface area contributed by atoms with Crippen LogP contribution in [0.3, 0.4) is 0 Å². The summed E-state index contributed by atoms with van der Waals surface area (Å²) < 4.78 is 30.1. The van der Waals surface area contributed by atoms with Crippen molar-refractivity contribution in [2.24, 2.45) is 5.92 Å². The van der Waals surface area contributed by atoms with E-state index in [2.05, 4.69) is 20.0 Å². The van der Waals surface area contributed by atoms with Gasteiger partial charge in [-0.2, -0.15) is 9.97 Å². The summed E-state index contributed by atoms with van der Waals surface area (Å²) in [7, 11) is -2.12. The second-order valence-electron chi connectivity index (χ2n) is 7.53. The number of hydrogen-bond acceptors (Lipinski definition) is 8. The van der Waals surface area contributed by atoms with E-state index in [-0.39, 0.29) is 6.01 Å². The van der Waals surface area contributed by atoms with Crippen LogP contribution in [-0.2, 0) is 21.2 Å². The minimum atomic E-state index is -3.60. The van der Waals surface area contributed by atoms with E-state index in [0.29, 0.717) is 54.2 Å². The second-order valence-corrected chi connectivity index (χ2v) is 10.1. The molecule has 1 aromatic carbocycles. The quantitative estimate of drug-likeness (QED) is 0.567. The maximum atomic E-state index is 12.3. The Morgan fingerprint density at radius 3 is 2.75 bits per heavy atom. The minimum absolute atomic E-state index is 0.192. The Labute approximate surface area is 197 Å². The molecule has 1 atom stereocenters. The highest BCUT2D eigenvalue weighted by molar-refractivity contribution is 7.89. The molecule has 2 N–H and O–H groups in total. The molecule has 0 radical (unpaired) electrons. The predicted octanol–water partition coefficient (Wildman–Crippen LogP) is 2.74. The molecule has 9 nitrogen and oxygen atoms in total. The Morgan fingerprint density at radius 2 is 2.06 bits per heavy atom. The Balaban J connectivity index is 1.69. The number of nitrogens with zero attached hydrogens (tertiary/aromatic N) is 3. The Kier molecular flexibility index (Phi) is 8.02. The summed E-state index contributed by atoms with van der Waals surface area (Å²) in [4.78, 5) is 23.0. The van der Waals surface area contributed by atoms with E-state index in [9.17, 15) is 13.2 Å². The first-order valence-corrected chi connectivity index (χ1v) is 12.7. The number of carbonyl (C=O) groups excluding carboxylic acids is 1. The van der Waals surface area contributed by atoms with Gasteiger partial charge in [-0.3, -0.25) is 9.52 Å². The zero-order valence-corrected chi connectivity index (χ0v) is 20.1. The van der Waals surface area contributed by atoms with Gasteiger partial charge in [-0.25, -0.2) is 8.42 Å². The molecule has 1 aliphatic heterocycles. The SMILES string of the molecule is COc1nc(NCCc2ccc(Cl)cc2Cl)cc(N2CCCC(C(=O)NS(C)(=O)=O)C2)n1. The van der Waals surface area contributed by atoms with E-state index in [1.807, 2.05) is 11.0 Å². The number of hydrogen-bond donors (Lipinski definition) is 2. The molecule has 1 aliphatic rings. The predicted molar refractivity (Wildman–Crippen MR) is 125 cm³/mol. The zero-order chi connectivity index (χ0) is 23.3. The maximum Gasteiger partial charge on any atom is 0.320 e. The van der Waals surface area contributed by atoms with Crippen LogP contribution in [0.15, 0.2) is 24.3 Å². The minimum Gasteiger partial charge on any atom is -0.467 e. The average molecular weight is 502 g/mol. The van der Waals surface area contributed by atoms with E-state index in [4.69, 9.17) is 27.9 Å². The topological polar surface area (TPSA) is 114 Å². The molecular weight excluding hydrogens is 477 g/mol. The van der Waals surface area contributed by atoms with Crippen LogP contribution < -0.4 is 19.7 Å². The molecule has 32 heavy (non-hydrogen) atoms. The summed E-state index contributed by atoms with van der Waals surface area (Å²) in [5.74, 6) is 0.208. The third kappa shape index (κ3) is 6.85. The van der Waals surface area contributed by atoms with Crippen molar-refractivity contribution in [3.8, 4) is 6.01 Å². The average Bonchev–Trinajstić information content (AvgIpc) is 2.74. The molecule has 1 unspecified atom stereocenters. The summed E-state index contributed by atoms with van der Waals surface area (Å²) in [5, 5.41) is 4.44. The molecule has 1 aromatic heterocycles. The van der Waals surface area contributed by atoms with Crippen LogP contribution in [0.4, 0.5) is 11.6 Å². The fraction of sp³-hybridized carbons (Fsp3) is 0.450. The molecule has 0 aliphatic carbocycles. The van der Waals surface area contributed by atoms with Crippen molar-refractivity contribution in [2.45, 2.75) is 19.3 Å². The van der Waals surface area contributed by atoms with Crippen molar-refractivity contribution >= 4 is 50.8 Å². The van der Waals surface area contributed by atoms with Crippen LogP contribution in [-0.4, -0.2) is 57.3 Å². The van der Waals surface area contributed by atoms with Gasteiger partial charge < -0.3 is 15.0 Å². The zero-order valence-electron chi connectivity index (χ0n) is 17.8. The normalized spacial score (nSPS) is 16.5. The number of nitrogens with one attached hydrogen (secondary N) is 2. The van der Waals surface area contributed by atoms with Gasteiger partial charge in [0.1, 0.15) is 11.6 Å². The fourth-order valence-corrected chi connectivity index (χ4v) is 4.51. The highest BCUT2D eigenvalue weighted by atomic mass is 35.5.